The van der Waals surface area contributed by atoms with E-state index in [9.17, 15) is 42.8 Å². The molecule has 4 fully saturated rings. The van der Waals surface area contributed by atoms with Crippen LogP contribution in [0.3, 0.4) is 0 Å². The van der Waals surface area contributed by atoms with Crippen LogP contribution < -0.4 is 30.2 Å². The van der Waals surface area contributed by atoms with Crippen molar-refractivity contribution in [3.8, 4) is 11.5 Å². The molecule has 4 aliphatic heterocycles. The molecular weight excluding hydrogens is 1190 g/mol. The number of aromatic nitrogens is 2. The molecule has 89 heavy (non-hydrogen) atoms. The molecule has 4 aromatic carbocycles. The van der Waals surface area contributed by atoms with E-state index in [1.165, 1.54) is 35.0 Å². The second-order valence-corrected chi connectivity index (χ2v) is 28.2. The van der Waals surface area contributed by atoms with E-state index in [0.29, 0.717) is 74.9 Å². The van der Waals surface area contributed by atoms with Gasteiger partial charge in [-0.05, 0) is 146 Å². The van der Waals surface area contributed by atoms with Gasteiger partial charge < -0.3 is 29.7 Å². The predicted molar refractivity (Wildman–Crippen MR) is 340 cm³/mol. The molecule has 1 atom stereocenters. The highest BCUT2D eigenvalue weighted by Gasteiger charge is 2.40. The van der Waals surface area contributed by atoms with Gasteiger partial charge >= 0.3 is 0 Å². The van der Waals surface area contributed by atoms with Crippen molar-refractivity contribution < 1.29 is 47.5 Å². The first-order valence-corrected chi connectivity index (χ1v) is 33.4. The van der Waals surface area contributed by atoms with Gasteiger partial charge in [0.1, 0.15) is 28.9 Å². The van der Waals surface area contributed by atoms with Crippen LogP contribution in [-0.2, 0) is 31.0 Å². The molecule has 6 heterocycles. The Morgan fingerprint density at radius 3 is 2.45 bits per heavy atom. The second kappa shape index (κ2) is 26.1. The number of amides is 5. The number of carbonyl (C=O) groups is 5. The summed E-state index contributed by atoms with van der Waals surface area (Å²) in [6, 6.07) is 25.8. The smallest absolute Gasteiger partial charge is 0.268 e. The average Bonchev–Trinajstić information content (AvgIpc) is 2.48. The van der Waals surface area contributed by atoms with Crippen LogP contribution in [0.1, 0.15) is 103 Å². The molecule has 6 aromatic rings. The third-order valence-electron chi connectivity index (χ3n) is 18.5. The van der Waals surface area contributed by atoms with Gasteiger partial charge in [-0.3, -0.25) is 49.5 Å². The quantitative estimate of drug-likeness (QED) is 0.0251. The number of anilines is 3. The van der Waals surface area contributed by atoms with Crippen LogP contribution in [0, 0.1) is 11.3 Å². The normalized spacial score (nSPS) is 21.1. The maximum atomic E-state index is 14.2. The Kier molecular flexibility index (Phi) is 18.1. The van der Waals surface area contributed by atoms with Crippen LogP contribution >= 0.6 is 23.4 Å². The largest absolute Gasteiger partial charge is 0.455 e. The third kappa shape index (κ3) is 14.0. The minimum absolute atomic E-state index is 0.0394. The van der Waals surface area contributed by atoms with Crippen LogP contribution in [0.15, 0.2) is 119 Å². The fraction of sp³-hybridized carbons (Fsp3) is 0.415. The van der Waals surface area contributed by atoms with Crippen molar-refractivity contribution in [2.24, 2.45) is 11.3 Å². The number of nitrogens with one attached hydrogen (secondary N) is 4. The molecule has 2 aliphatic carbocycles. The average molecular weight is 1270 g/mol. The minimum Gasteiger partial charge on any atom is -0.455 e. The van der Waals surface area contributed by atoms with Crippen LogP contribution in [-0.4, -0.2) is 161 Å². The third-order valence-corrected chi connectivity index (χ3v) is 21.1. The lowest BCUT2D eigenvalue weighted by Crippen LogP contribution is -2.54. The van der Waals surface area contributed by atoms with E-state index in [0.717, 1.165) is 104 Å². The van der Waals surface area contributed by atoms with E-state index in [1.807, 2.05) is 35.2 Å². The predicted octanol–water partition coefficient (Wildman–Crippen LogP) is 9.17. The fourth-order valence-electron chi connectivity index (χ4n) is 13.4. The molecule has 0 spiro atoms. The van der Waals surface area contributed by atoms with Crippen molar-refractivity contribution in [1.82, 2.24) is 39.6 Å². The number of nitrogens with zero attached hydrogens (tertiary/aromatic N) is 7. The number of H-pyrrole nitrogens is 1. The highest BCUT2D eigenvalue weighted by Crippen LogP contribution is 2.44. The van der Waals surface area contributed by atoms with Crippen molar-refractivity contribution in [1.29, 1.82) is 0 Å². The molecule has 24 heteroatoms. The zero-order valence-electron chi connectivity index (χ0n) is 49.9. The van der Waals surface area contributed by atoms with Crippen molar-refractivity contribution in [2.75, 3.05) is 86.6 Å². The monoisotopic (exact) mass is 1270 g/mol. The van der Waals surface area contributed by atoms with Gasteiger partial charge in [0.25, 0.3) is 21.8 Å². The van der Waals surface area contributed by atoms with E-state index in [2.05, 4.69) is 66.0 Å². The Balaban J connectivity index is 0.637. The van der Waals surface area contributed by atoms with Crippen molar-refractivity contribution >= 4 is 96.6 Å². The summed E-state index contributed by atoms with van der Waals surface area (Å²) >= 11 is 7.87. The topological polar surface area (TPSA) is 253 Å². The number of ether oxygens (including phenoxy) is 1. The number of aromatic amines is 1. The number of imide groups is 1. The maximum absolute atomic E-state index is 14.2. The molecule has 21 nitrogen and oxygen atoms in total. The molecule has 5 amide bonds. The Labute approximate surface area is 526 Å². The Bertz CT molecular complexity index is 3840. The van der Waals surface area contributed by atoms with E-state index >= 15 is 0 Å². The highest BCUT2D eigenvalue weighted by atomic mass is 35.5. The van der Waals surface area contributed by atoms with Gasteiger partial charge in [0, 0.05) is 122 Å². The zero-order valence-corrected chi connectivity index (χ0v) is 52.3. The van der Waals surface area contributed by atoms with E-state index in [4.69, 9.17) is 16.3 Å². The standard InChI is InChI=1S/C65H74ClN11O10S2/c1-65(2)22-20-44(52(35-65)42-8-10-45(66)11-9-42)38-72-24-26-73(27-25-72)47-14-16-51(57(33-47)87-48-32-43-21-23-67-61(43)69-37-48)62(80)71-89(85,86)49-15-17-54(56(34-49)77(83)84)68-36-41-6-12-46(13-7-41)75-29-28-74(60(79)40-75)30-31-88-58-5-3-4-50-53(58)39-76(64(50)82)55-18-19-59(78)70-63(55)81/h3-5,8-11,14-17,21,23,32-34,37,41,46,55,68,83-84H,6-7,12-13,18-20,22,24-31,35-36,38-40H2,1-2H3,(H,67,69)(H,71,80)(H,70,78,81). The molecule has 1 saturated carbocycles. The lowest BCUT2D eigenvalue weighted by Gasteiger charge is -2.41. The molecule has 6 aliphatic rings. The van der Waals surface area contributed by atoms with Gasteiger partial charge in [0.2, 0.25) is 17.7 Å². The number of hydrogen-bond donors (Lipinski definition) is 6. The number of piperidine rings is 1. The van der Waals surface area contributed by atoms with Gasteiger partial charge in [-0.15, -0.1) is 17.0 Å². The summed E-state index contributed by atoms with van der Waals surface area (Å²) < 4.78 is 36.7. The maximum Gasteiger partial charge on any atom is 0.268 e. The Morgan fingerprint density at radius 2 is 1.69 bits per heavy atom. The van der Waals surface area contributed by atoms with Gasteiger partial charge in [0.05, 0.1) is 28.9 Å². The summed E-state index contributed by atoms with van der Waals surface area (Å²) in [5, 5.41) is 27.8. The summed E-state index contributed by atoms with van der Waals surface area (Å²) in [4.78, 5) is 83.9. The zero-order chi connectivity index (χ0) is 62.1. The van der Waals surface area contributed by atoms with Gasteiger partial charge in [0.15, 0.2) is 0 Å². The number of allylic oxidation sites excluding steroid dienone is 1. The first-order chi connectivity index (χ1) is 42.8. The fourth-order valence-corrected chi connectivity index (χ4v) is 15.6. The number of carbonyl (C=O) groups excluding carboxylic acids is 5. The molecule has 3 saturated heterocycles. The number of rotatable bonds is 19. The molecule has 2 aromatic heterocycles. The number of piperazine rings is 2. The first-order valence-electron chi connectivity index (χ1n) is 30.5. The van der Waals surface area contributed by atoms with Crippen LogP contribution in [0.4, 0.5) is 17.1 Å². The number of hydrogen-bond acceptors (Lipinski definition) is 17. The number of thioether (sulfide) groups is 1. The molecule has 6 N–H and O–H groups in total. The van der Waals surface area contributed by atoms with Gasteiger partial charge in [-0.1, -0.05) is 49.2 Å². The summed E-state index contributed by atoms with van der Waals surface area (Å²) in [6.07, 6.45) is 10.4. The minimum atomic E-state index is -4.59. The molecule has 0 radical (unpaired) electrons. The van der Waals surface area contributed by atoms with Crippen molar-refractivity contribution in [2.45, 2.75) is 100 Å². The number of benzene rings is 4. The summed E-state index contributed by atoms with van der Waals surface area (Å²) in [6.45, 7) is 11.6. The first kappa shape index (κ1) is 61.7. The number of sulfonamides is 1. The van der Waals surface area contributed by atoms with Gasteiger partial charge in [-0.25, -0.2) is 18.1 Å². The Morgan fingerprint density at radius 1 is 0.888 bits per heavy atom. The van der Waals surface area contributed by atoms with Crippen LogP contribution in [0.2, 0.25) is 5.02 Å². The van der Waals surface area contributed by atoms with Crippen molar-refractivity contribution in [3.63, 3.8) is 0 Å². The molecule has 12 rings (SSSR count). The van der Waals surface area contributed by atoms with E-state index in [-0.39, 0.29) is 74.3 Å². The number of fused-ring (bicyclic) bond motifs is 2. The van der Waals surface area contributed by atoms with Gasteiger partial charge in [-0.2, -0.15) is 0 Å². The molecule has 468 valence electrons. The second-order valence-electron chi connectivity index (χ2n) is 24.9. The number of pyridine rings is 1. The Hall–Kier alpha value is -7.51. The lowest BCUT2D eigenvalue weighted by molar-refractivity contribution is -0.138. The lowest BCUT2D eigenvalue weighted by atomic mass is 9.72. The SMILES string of the molecule is CC1(C)CCC(CN2CCN(c3ccc(C(=O)NS(=O)(=O)c4ccc(NCC5CCC(N6CCN(CCSc7cccc8c7CN(C7CCC(=O)NC7=O)C8=O)C(=O)C6)CC5)c(N(O)O)c4)c(Oc4cnc5[nH]ccc5c4)c3)CC2)=C(c2ccc(Cl)cc2)C1. The van der Waals surface area contributed by atoms with E-state index in [1.54, 1.807) is 53.2 Å². The number of halogens is 1. The molecule has 1 unspecified atom stereocenters. The van der Waals surface area contributed by atoms with Crippen LogP contribution in [0.25, 0.3) is 16.6 Å². The van der Waals surface area contributed by atoms with E-state index < -0.39 is 27.9 Å². The van der Waals surface area contributed by atoms with Crippen LogP contribution in [0.5, 0.6) is 11.5 Å². The summed E-state index contributed by atoms with van der Waals surface area (Å²) in [5.41, 5.74) is 7.17. The molecular formula is C65H74ClN11O10S2. The summed E-state index contributed by atoms with van der Waals surface area (Å²) in [7, 11) is -4.59. The molecule has 0 bridgehead atoms. The highest BCUT2D eigenvalue weighted by molar-refractivity contribution is 7.99. The summed E-state index contributed by atoms with van der Waals surface area (Å²) in [5.74, 6) is -0.550. The van der Waals surface area contributed by atoms with Crippen molar-refractivity contribution in [3.05, 3.63) is 136 Å².